The number of carbonyl (C=O) groups excluding carboxylic acids is 2. The first kappa shape index (κ1) is 17.7. The van der Waals surface area contributed by atoms with Crippen molar-refractivity contribution in [3.8, 4) is 0 Å². The molecule has 5 heteroatoms. The molecule has 2 aromatic rings. The predicted octanol–water partition coefficient (Wildman–Crippen LogP) is 3.62. The van der Waals surface area contributed by atoms with E-state index in [0.29, 0.717) is 12.1 Å². The van der Waals surface area contributed by atoms with Gasteiger partial charge in [0.05, 0.1) is 0 Å². The summed E-state index contributed by atoms with van der Waals surface area (Å²) in [5.41, 5.74) is 2.35. The minimum atomic E-state index is -0.572. The normalized spacial score (nSPS) is 20.2. The monoisotopic (exact) mass is 363 g/mol. The molecule has 2 amide bonds. The Kier molecular flexibility index (Phi) is 5.19. The van der Waals surface area contributed by atoms with Crippen LogP contribution in [0, 0.1) is 0 Å². The topological polar surface area (TPSA) is 62.3 Å². The maximum absolute atomic E-state index is 13.2. The summed E-state index contributed by atoms with van der Waals surface area (Å²) in [7, 11) is 0. The van der Waals surface area contributed by atoms with E-state index >= 15 is 0 Å². The zero-order valence-corrected chi connectivity index (χ0v) is 15.4. The van der Waals surface area contributed by atoms with Crippen molar-refractivity contribution in [1.82, 2.24) is 15.2 Å². The number of fused-ring (bicyclic) bond motifs is 1. The van der Waals surface area contributed by atoms with Crippen LogP contribution < -0.4 is 5.32 Å². The lowest BCUT2D eigenvalue weighted by Crippen LogP contribution is -2.43. The first-order chi connectivity index (χ1) is 13.2. The first-order valence-electron chi connectivity index (χ1n) is 9.83. The van der Waals surface area contributed by atoms with E-state index in [-0.39, 0.29) is 17.9 Å². The van der Waals surface area contributed by atoms with Crippen LogP contribution in [0.2, 0.25) is 0 Å². The largest absolute Gasteiger partial charge is 0.351 e. The number of pyridine rings is 1. The highest BCUT2D eigenvalue weighted by Crippen LogP contribution is 2.35. The highest BCUT2D eigenvalue weighted by molar-refractivity contribution is 6.04. The van der Waals surface area contributed by atoms with E-state index in [2.05, 4.69) is 10.3 Å². The van der Waals surface area contributed by atoms with Gasteiger partial charge in [-0.3, -0.25) is 14.6 Å². The van der Waals surface area contributed by atoms with Gasteiger partial charge in [-0.15, -0.1) is 0 Å². The van der Waals surface area contributed by atoms with Crippen molar-refractivity contribution in [3.63, 3.8) is 0 Å². The van der Waals surface area contributed by atoms with Crippen LogP contribution in [0.4, 0.5) is 0 Å². The van der Waals surface area contributed by atoms with Gasteiger partial charge < -0.3 is 10.2 Å². The van der Waals surface area contributed by atoms with Gasteiger partial charge in [0.15, 0.2) is 0 Å². The highest BCUT2D eigenvalue weighted by Gasteiger charge is 2.41. The van der Waals surface area contributed by atoms with E-state index in [1.54, 1.807) is 17.3 Å². The van der Waals surface area contributed by atoms with Crippen LogP contribution in [0.3, 0.4) is 0 Å². The summed E-state index contributed by atoms with van der Waals surface area (Å²) in [6.07, 6.45) is 10.3. The molecule has 1 aromatic heterocycles. The number of hydrogen-bond donors (Lipinski definition) is 1. The minimum Gasteiger partial charge on any atom is -0.351 e. The van der Waals surface area contributed by atoms with Gasteiger partial charge in [0.25, 0.3) is 5.91 Å². The summed E-state index contributed by atoms with van der Waals surface area (Å²) in [5, 5.41) is 3.23. The third-order valence-corrected chi connectivity index (χ3v) is 5.58. The zero-order valence-electron chi connectivity index (χ0n) is 15.4. The Hall–Kier alpha value is -2.69. The fourth-order valence-electron chi connectivity index (χ4n) is 4.21. The highest BCUT2D eigenvalue weighted by atomic mass is 16.2. The van der Waals surface area contributed by atoms with Crippen LogP contribution in [-0.4, -0.2) is 27.7 Å². The molecule has 2 aliphatic rings. The molecule has 1 aliphatic heterocycles. The number of hydrogen-bond acceptors (Lipinski definition) is 3. The van der Waals surface area contributed by atoms with Crippen molar-refractivity contribution in [2.75, 3.05) is 0 Å². The zero-order chi connectivity index (χ0) is 18.6. The Balaban J connectivity index is 1.59. The van der Waals surface area contributed by atoms with E-state index in [1.165, 1.54) is 12.8 Å². The summed E-state index contributed by atoms with van der Waals surface area (Å²) in [5.74, 6) is -0.153. The third kappa shape index (κ3) is 3.72. The average molecular weight is 363 g/mol. The van der Waals surface area contributed by atoms with Gasteiger partial charge in [-0.2, -0.15) is 0 Å². The van der Waals surface area contributed by atoms with E-state index in [0.717, 1.165) is 36.8 Å². The fourth-order valence-corrected chi connectivity index (χ4v) is 4.21. The molecule has 1 atom stereocenters. The second-order valence-corrected chi connectivity index (χ2v) is 7.48. The molecular weight excluding hydrogens is 338 g/mol. The average Bonchev–Trinajstić information content (AvgIpc) is 2.84. The molecule has 1 saturated carbocycles. The number of nitrogens with zero attached hydrogens (tertiary/aromatic N) is 2. The summed E-state index contributed by atoms with van der Waals surface area (Å²) in [6, 6.07) is 10.9. The van der Waals surface area contributed by atoms with Crippen molar-refractivity contribution >= 4 is 11.8 Å². The molecule has 1 fully saturated rings. The Bertz CT molecular complexity index is 813. The molecule has 27 heavy (non-hydrogen) atoms. The number of benzene rings is 1. The van der Waals surface area contributed by atoms with E-state index in [9.17, 15) is 9.59 Å². The first-order valence-corrected chi connectivity index (χ1v) is 9.83. The van der Waals surface area contributed by atoms with E-state index in [4.69, 9.17) is 0 Å². The number of aromatic nitrogens is 1. The predicted molar refractivity (Wildman–Crippen MR) is 103 cm³/mol. The van der Waals surface area contributed by atoms with E-state index < -0.39 is 6.04 Å². The van der Waals surface area contributed by atoms with Gasteiger partial charge >= 0.3 is 0 Å². The van der Waals surface area contributed by atoms with Crippen molar-refractivity contribution in [3.05, 3.63) is 65.5 Å². The summed E-state index contributed by atoms with van der Waals surface area (Å²) in [6.45, 7) is 0.379. The molecule has 1 aliphatic carbocycles. The Labute approximate surface area is 159 Å². The van der Waals surface area contributed by atoms with Gasteiger partial charge in [0, 0.05) is 30.5 Å². The number of nitrogens with one attached hydrogen (secondary N) is 1. The lowest BCUT2D eigenvalue weighted by Gasteiger charge is -2.27. The molecule has 0 bridgehead atoms. The Morgan fingerprint density at radius 3 is 2.59 bits per heavy atom. The summed E-state index contributed by atoms with van der Waals surface area (Å²) < 4.78 is 0. The van der Waals surface area contributed by atoms with E-state index in [1.807, 2.05) is 36.4 Å². The van der Waals surface area contributed by atoms with Gasteiger partial charge in [-0.1, -0.05) is 49.9 Å². The molecule has 5 nitrogen and oxygen atoms in total. The van der Waals surface area contributed by atoms with Crippen LogP contribution in [0.5, 0.6) is 0 Å². The smallest absolute Gasteiger partial charge is 0.255 e. The molecule has 0 spiro atoms. The standard InChI is InChI=1S/C22H25N3O2/c26-21(24-17-9-3-1-2-4-10-17)20-18-11-5-6-12-19(18)22(27)25(20)15-16-8-7-13-23-14-16/h5-8,11-14,17,20H,1-4,9-10,15H2,(H,24,26)/t20-/m0/s1. The molecule has 0 saturated heterocycles. The van der Waals surface area contributed by atoms with Crippen molar-refractivity contribution in [1.29, 1.82) is 0 Å². The molecule has 0 radical (unpaired) electrons. The van der Waals surface area contributed by atoms with Crippen molar-refractivity contribution in [2.24, 2.45) is 0 Å². The minimum absolute atomic E-state index is 0.0657. The van der Waals surface area contributed by atoms with Gasteiger partial charge in [-0.05, 0) is 36.1 Å². The van der Waals surface area contributed by atoms with Gasteiger partial charge in [-0.25, -0.2) is 0 Å². The van der Waals surface area contributed by atoms with Gasteiger partial charge in [0.2, 0.25) is 5.91 Å². The van der Waals surface area contributed by atoms with Crippen LogP contribution in [-0.2, 0) is 11.3 Å². The van der Waals surface area contributed by atoms with Crippen molar-refractivity contribution in [2.45, 2.75) is 57.2 Å². The lowest BCUT2D eigenvalue weighted by molar-refractivity contribution is -0.126. The van der Waals surface area contributed by atoms with Crippen LogP contribution >= 0.6 is 0 Å². The van der Waals surface area contributed by atoms with Crippen molar-refractivity contribution < 1.29 is 9.59 Å². The quantitative estimate of drug-likeness (QED) is 0.844. The molecule has 0 unspecified atom stereocenters. The Morgan fingerprint density at radius 1 is 1.07 bits per heavy atom. The van der Waals surface area contributed by atoms with Gasteiger partial charge in [0.1, 0.15) is 6.04 Å². The molecule has 4 rings (SSSR count). The summed E-state index contributed by atoms with van der Waals surface area (Å²) in [4.78, 5) is 32.0. The lowest BCUT2D eigenvalue weighted by atomic mass is 10.0. The number of amides is 2. The SMILES string of the molecule is O=C(NC1CCCCCC1)[C@@H]1c2ccccc2C(=O)N1Cc1cccnc1. The maximum Gasteiger partial charge on any atom is 0.255 e. The number of carbonyl (C=O) groups is 2. The molecule has 2 heterocycles. The second kappa shape index (κ2) is 7.91. The molecule has 1 aromatic carbocycles. The molecule has 1 N–H and O–H groups in total. The summed E-state index contributed by atoms with van der Waals surface area (Å²) >= 11 is 0. The third-order valence-electron chi connectivity index (χ3n) is 5.58. The molecular formula is C22H25N3O2. The number of rotatable bonds is 4. The second-order valence-electron chi connectivity index (χ2n) is 7.48. The van der Waals surface area contributed by atoms with Crippen LogP contribution in [0.1, 0.15) is 66.1 Å². The maximum atomic E-state index is 13.2. The Morgan fingerprint density at radius 2 is 1.85 bits per heavy atom. The van der Waals surface area contributed by atoms with Crippen LogP contribution in [0.25, 0.3) is 0 Å². The molecule has 140 valence electrons. The van der Waals surface area contributed by atoms with Crippen LogP contribution in [0.15, 0.2) is 48.8 Å². The fraction of sp³-hybridized carbons (Fsp3) is 0.409.